The number of ether oxygens (including phenoxy) is 1. The smallest absolute Gasteiger partial charge is 0.374 e. The lowest BCUT2D eigenvalue weighted by Gasteiger charge is -2.09. The molecule has 0 atom stereocenters. The van der Waals surface area contributed by atoms with Gasteiger partial charge in [0, 0.05) is 17.0 Å². The van der Waals surface area contributed by atoms with E-state index in [2.05, 4.69) is 6.58 Å². The molecule has 0 aliphatic rings. The van der Waals surface area contributed by atoms with Gasteiger partial charge in [0.15, 0.2) is 5.16 Å². The molecule has 3 heterocycles. The number of hydrogen-bond acceptors (Lipinski definition) is 7. The van der Waals surface area contributed by atoms with Crippen molar-refractivity contribution in [3.05, 3.63) is 56.6 Å². The van der Waals surface area contributed by atoms with Gasteiger partial charge in [-0.3, -0.25) is 9.36 Å². The van der Waals surface area contributed by atoms with Gasteiger partial charge in [0.1, 0.15) is 10.6 Å². The van der Waals surface area contributed by atoms with Crippen molar-refractivity contribution >= 4 is 39.3 Å². The topological polar surface area (TPSA) is 74.3 Å². The molecule has 0 spiro atoms. The third-order valence-electron chi connectivity index (χ3n) is 4.25. The second-order valence-corrected chi connectivity index (χ2v) is 8.21. The van der Waals surface area contributed by atoms with Gasteiger partial charge in [-0.2, -0.15) is 0 Å². The highest BCUT2D eigenvalue weighted by Gasteiger charge is 2.19. The predicted octanol–water partition coefficient (Wildman–Crippen LogP) is 4.24. The third kappa shape index (κ3) is 3.59. The Morgan fingerprint density at radius 2 is 2.19 bits per heavy atom. The first-order chi connectivity index (χ1) is 12.9. The summed E-state index contributed by atoms with van der Waals surface area (Å²) in [6.45, 7) is 9.85. The third-order valence-corrected chi connectivity index (χ3v) is 6.35. The molecule has 8 heteroatoms. The average molecular weight is 405 g/mol. The van der Waals surface area contributed by atoms with Crippen LogP contribution in [-0.2, 0) is 17.0 Å². The number of aromatic nitrogens is 2. The first-order valence-corrected chi connectivity index (χ1v) is 10.1. The molecular weight excluding hydrogens is 384 g/mol. The molecule has 0 fully saturated rings. The van der Waals surface area contributed by atoms with Gasteiger partial charge in [0.2, 0.25) is 5.76 Å². The number of aryl methyl sites for hydroxylation is 3. The molecule has 0 aliphatic carbocycles. The van der Waals surface area contributed by atoms with E-state index in [1.54, 1.807) is 23.6 Å². The zero-order valence-corrected chi connectivity index (χ0v) is 17.3. The molecule has 3 rings (SSSR count). The van der Waals surface area contributed by atoms with Crippen LogP contribution in [0.4, 0.5) is 0 Å². The molecule has 27 heavy (non-hydrogen) atoms. The maximum absolute atomic E-state index is 13.0. The van der Waals surface area contributed by atoms with Crippen LogP contribution in [0.25, 0.3) is 10.2 Å². The number of allylic oxidation sites excluding steroid dienone is 1. The van der Waals surface area contributed by atoms with Crippen LogP contribution < -0.4 is 5.56 Å². The summed E-state index contributed by atoms with van der Waals surface area (Å²) in [5.41, 5.74) is 1.63. The summed E-state index contributed by atoms with van der Waals surface area (Å²) in [5, 5.41) is 1.27. The first-order valence-electron chi connectivity index (χ1n) is 8.29. The van der Waals surface area contributed by atoms with Gasteiger partial charge >= 0.3 is 5.97 Å². The molecule has 0 bridgehead atoms. The van der Waals surface area contributed by atoms with Gasteiger partial charge in [-0.15, -0.1) is 17.9 Å². The van der Waals surface area contributed by atoms with Crippen molar-refractivity contribution in [2.45, 2.75) is 38.2 Å². The molecule has 0 N–H and O–H groups in total. The van der Waals surface area contributed by atoms with Crippen molar-refractivity contribution in [2.24, 2.45) is 0 Å². The molecule has 0 saturated carbocycles. The minimum absolute atomic E-state index is 0.0601. The molecule has 3 aromatic heterocycles. The molecular formula is C19H20N2O4S2. The lowest BCUT2D eigenvalue weighted by Crippen LogP contribution is -2.22. The fraction of sp³-hybridized carbons (Fsp3) is 0.316. The maximum Gasteiger partial charge on any atom is 0.374 e. The highest BCUT2D eigenvalue weighted by Crippen LogP contribution is 2.30. The van der Waals surface area contributed by atoms with E-state index in [0.29, 0.717) is 34.2 Å². The van der Waals surface area contributed by atoms with Crippen LogP contribution in [0.3, 0.4) is 0 Å². The summed E-state index contributed by atoms with van der Waals surface area (Å²) >= 11 is 2.91. The Morgan fingerprint density at radius 3 is 2.85 bits per heavy atom. The standard InChI is InChI=1S/C19H20N2O4S2/c1-6-7-21-17(22)14-11(3)12(4)27-16(14)20-19(21)26-9-13-8-10(2)15(25-13)18(23)24-5/h6,8H,1,7,9H2,2-5H3. The van der Waals surface area contributed by atoms with Crippen LogP contribution in [-0.4, -0.2) is 22.6 Å². The summed E-state index contributed by atoms with van der Waals surface area (Å²) < 4.78 is 11.9. The highest BCUT2D eigenvalue weighted by atomic mass is 32.2. The van der Waals surface area contributed by atoms with Gasteiger partial charge in [0.05, 0.1) is 18.2 Å². The van der Waals surface area contributed by atoms with Crippen LogP contribution in [0, 0.1) is 20.8 Å². The Kier molecular flexibility index (Phi) is 5.57. The molecule has 0 unspecified atom stereocenters. The predicted molar refractivity (Wildman–Crippen MR) is 108 cm³/mol. The summed E-state index contributed by atoms with van der Waals surface area (Å²) in [7, 11) is 1.32. The zero-order chi connectivity index (χ0) is 19.7. The fourth-order valence-corrected chi connectivity index (χ4v) is 4.72. The lowest BCUT2D eigenvalue weighted by atomic mass is 10.2. The quantitative estimate of drug-likeness (QED) is 0.265. The number of rotatable bonds is 6. The van der Waals surface area contributed by atoms with Crippen LogP contribution in [0.5, 0.6) is 0 Å². The SMILES string of the molecule is C=CCn1c(SCc2cc(C)c(C(=O)OC)o2)nc2sc(C)c(C)c2c1=O. The first kappa shape index (κ1) is 19.4. The Hall–Kier alpha value is -2.32. The summed E-state index contributed by atoms with van der Waals surface area (Å²) in [4.78, 5) is 31.2. The van der Waals surface area contributed by atoms with Gasteiger partial charge < -0.3 is 9.15 Å². The zero-order valence-electron chi connectivity index (χ0n) is 15.6. The normalized spacial score (nSPS) is 11.1. The summed E-state index contributed by atoms with van der Waals surface area (Å²) in [6.07, 6.45) is 1.68. The number of esters is 1. The number of hydrogen-bond donors (Lipinski definition) is 0. The van der Waals surface area contributed by atoms with E-state index in [1.807, 2.05) is 13.8 Å². The van der Waals surface area contributed by atoms with E-state index in [0.717, 1.165) is 15.3 Å². The number of fused-ring (bicyclic) bond motifs is 1. The second kappa shape index (κ2) is 7.74. The monoisotopic (exact) mass is 404 g/mol. The van der Waals surface area contributed by atoms with Crippen molar-refractivity contribution in [2.75, 3.05) is 7.11 Å². The van der Waals surface area contributed by atoms with Crippen LogP contribution in [0.15, 0.2) is 33.1 Å². The van der Waals surface area contributed by atoms with E-state index in [9.17, 15) is 9.59 Å². The largest absolute Gasteiger partial charge is 0.463 e. The van der Waals surface area contributed by atoms with E-state index in [-0.39, 0.29) is 11.3 Å². The van der Waals surface area contributed by atoms with Crippen molar-refractivity contribution in [3.63, 3.8) is 0 Å². The van der Waals surface area contributed by atoms with E-state index >= 15 is 0 Å². The molecule has 0 aromatic carbocycles. The average Bonchev–Trinajstić information content (AvgIpc) is 3.15. The number of thiophene rings is 1. The molecule has 142 valence electrons. The van der Waals surface area contributed by atoms with Gasteiger partial charge in [-0.05, 0) is 32.4 Å². The summed E-state index contributed by atoms with van der Waals surface area (Å²) in [5.74, 6) is 0.757. The van der Waals surface area contributed by atoms with E-state index in [1.165, 1.54) is 30.2 Å². The molecule has 6 nitrogen and oxygen atoms in total. The Labute approximate surface area is 164 Å². The number of thioether (sulfide) groups is 1. The lowest BCUT2D eigenvalue weighted by molar-refractivity contribution is 0.0562. The number of methoxy groups -OCH3 is 1. The van der Waals surface area contributed by atoms with Gasteiger partial charge in [-0.25, -0.2) is 9.78 Å². The maximum atomic E-state index is 13.0. The summed E-state index contributed by atoms with van der Waals surface area (Å²) in [6, 6.07) is 1.80. The van der Waals surface area contributed by atoms with Crippen molar-refractivity contribution in [1.82, 2.24) is 9.55 Å². The minimum atomic E-state index is -0.503. The Morgan fingerprint density at radius 1 is 1.44 bits per heavy atom. The minimum Gasteiger partial charge on any atom is -0.463 e. The molecule has 0 radical (unpaired) electrons. The second-order valence-electron chi connectivity index (χ2n) is 6.07. The Bertz CT molecular complexity index is 1090. The van der Waals surface area contributed by atoms with Crippen molar-refractivity contribution < 1.29 is 13.9 Å². The molecule has 0 amide bonds. The van der Waals surface area contributed by atoms with Crippen molar-refractivity contribution in [3.8, 4) is 0 Å². The number of carbonyl (C=O) groups excluding carboxylic acids is 1. The fourth-order valence-electron chi connectivity index (χ4n) is 2.76. The van der Waals surface area contributed by atoms with E-state index < -0.39 is 5.97 Å². The number of furan rings is 1. The van der Waals surface area contributed by atoms with Crippen LogP contribution in [0.1, 0.15) is 32.3 Å². The van der Waals surface area contributed by atoms with Gasteiger partial charge in [-0.1, -0.05) is 17.8 Å². The number of carbonyl (C=O) groups is 1. The van der Waals surface area contributed by atoms with E-state index in [4.69, 9.17) is 14.1 Å². The Balaban J connectivity index is 1.97. The van der Waals surface area contributed by atoms with Crippen LogP contribution in [0.2, 0.25) is 0 Å². The van der Waals surface area contributed by atoms with Gasteiger partial charge in [0.25, 0.3) is 5.56 Å². The highest BCUT2D eigenvalue weighted by molar-refractivity contribution is 7.98. The molecule has 3 aromatic rings. The number of nitrogens with zero attached hydrogens (tertiary/aromatic N) is 2. The molecule has 0 saturated heterocycles. The van der Waals surface area contributed by atoms with Crippen molar-refractivity contribution in [1.29, 1.82) is 0 Å². The molecule has 0 aliphatic heterocycles. The van der Waals surface area contributed by atoms with Crippen LogP contribution >= 0.6 is 23.1 Å².